The van der Waals surface area contributed by atoms with E-state index in [0.29, 0.717) is 0 Å². The minimum absolute atomic E-state index is 0.0784. The summed E-state index contributed by atoms with van der Waals surface area (Å²) >= 11 is 0. The van der Waals surface area contributed by atoms with Crippen LogP contribution in [0.3, 0.4) is 0 Å². The van der Waals surface area contributed by atoms with Crippen LogP contribution in [0, 0.1) is 0 Å². The second-order valence-corrected chi connectivity index (χ2v) is 2.94. The van der Waals surface area contributed by atoms with E-state index in [1.165, 1.54) is 6.92 Å². The van der Waals surface area contributed by atoms with Crippen molar-refractivity contribution in [1.29, 1.82) is 0 Å². The second kappa shape index (κ2) is 3.84. The Balaban J connectivity index is 3.12. The first-order valence-electron chi connectivity index (χ1n) is 4.22. The van der Waals surface area contributed by atoms with Crippen LogP contribution in [-0.4, -0.2) is 27.4 Å². The lowest BCUT2D eigenvalue weighted by Gasteiger charge is -2.17. The molecule has 0 atom stereocenters. The highest BCUT2D eigenvalue weighted by molar-refractivity contribution is 5.99. The van der Waals surface area contributed by atoms with E-state index in [9.17, 15) is 26.7 Å². The number of aromatic nitrogens is 2. The Bertz CT molecular complexity index is 395. The van der Waals surface area contributed by atoms with E-state index in [4.69, 9.17) is 0 Å². The fourth-order valence-corrected chi connectivity index (χ4v) is 1.04. The predicted octanol–water partition coefficient (Wildman–Crippen LogP) is 2.28. The third kappa shape index (κ3) is 1.91. The van der Waals surface area contributed by atoms with Crippen LogP contribution in [0.4, 0.5) is 22.0 Å². The van der Waals surface area contributed by atoms with Crippen LogP contribution in [0.15, 0.2) is 12.4 Å². The van der Waals surface area contributed by atoms with Gasteiger partial charge in [-0.15, -0.1) is 0 Å². The van der Waals surface area contributed by atoms with Gasteiger partial charge in [-0.1, -0.05) is 0 Å². The molecule has 0 unspecified atom stereocenters. The van der Waals surface area contributed by atoms with Gasteiger partial charge in [0.25, 0.3) is 5.78 Å². The van der Waals surface area contributed by atoms with Crippen molar-refractivity contribution in [2.75, 3.05) is 0 Å². The van der Waals surface area contributed by atoms with Crippen LogP contribution in [0.2, 0.25) is 0 Å². The topological polar surface area (TPSA) is 34.9 Å². The van der Waals surface area contributed by atoms with E-state index in [1.807, 2.05) is 0 Å². The number of Topliss-reactive ketones (excluding diaryl/α,β-unsaturated/α-hetero) is 1. The summed E-state index contributed by atoms with van der Waals surface area (Å²) in [4.78, 5) is 14.2. The van der Waals surface area contributed by atoms with Gasteiger partial charge in [-0.2, -0.15) is 22.0 Å². The highest BCUT2D eigenvalue weighted by atomic mass is 19.4. The largest absolute Gasteiger partial charge is 0.461 e. The number of aryl methyl sites for hydroxylation is 1. The van der Waals surface area contributed by atoms with Crippen LogP contribution in [0.5, 0.6) is 0 Å². The molecule has 0 aliphatic rings. The first kappa shape index (κ1) is 12.6. The zero-order valence-corrected chi connectivity index (χ0v) is 8.05. The Morgan fingerprint density at radius 2 is 1.94 bits per heavy atom. The molecular formula is C8H7F5N2O. The average molecular weight is 242 g/mol. The number of halogens is 5. The van der Waals surface area contributed by atoms with Crippen molar-refractivity contribution >= 4 is 5.78 Å². The summed E-state index contributed by atoms with van der Waals surface area (Å²) < 4.78 is 62.0. The summed E-state index contributed by atoms with van der Waals surface area (Å²) in [5.74, 6) is -8.65. The third-order valence-corrected chi connectivity index (χ3v) is 1.90. The number of carbonyl (C=O) groups excluding carboxylic acids is 1. The summed E-state index contributed by atoms with van der Waals surface area (Å²) in [5.41, 5.74) is 0. The van der Waals surface area contributed by atoms with Crippen molar-refractivity contribution < 1.29 is 26.7 Å². The van der Waals surface area contributed by atoms with Crippen LogP contribution in [0.1, 0.15) is 17.5 Å². The van der Waals surface area contributed by atoms with Gasteiger partial charge in [0.2, 0.25) is 0 Å². The standard InChI is InChI=1S/C8H7F5N2O/c1-2-15-4-3-14-6(15)5(16)7(9,10)8(11,12)13/h3-4H,2H2,1H3. The lowest BCUT2D eigenvalue weighted by molar-refractivity contribution is -0.256. The molecule has 0 aliphatic heterocycles. The molecular weight excluding hydrogens is 235 g/mol. The molecule has 0 radical (unpaired) electrons. The van der Waals surface area contributed by atoms with Crippen molar-refractivity contribution in [3.63, 3.8) is 0 Å². The fraction of sp³-hybridized carbons (Fsp3) is 0.500. The Hall–Kier alpha value is -1.47. The molecule has 1 aromatic heterocycles. The molecule has 0 bridgehead atoms. The number of alkyl halides is 5. The normalized spacial score (nSPS) is 12.9. The summed E-state index contributed by atoms with van der Waals surface area (Å²) in [6.45, 7) is 1.57. The molecule has 1 rings (SSSR count). The monoisotopic (exact) mass is 242 g/mol. The maximum Gasteiger partial charge on any atom is 0.461 e. The summed E-state index contributed by atoms with van der Waals surface area (Å²) in [5, 5.41) is 0. The van der Waals surface area contributed by atoms with Crippen molar-refractivity contribution in [1.82, 2.24) is 9.55 Å². The molecule has 0 saturated heterocycles. The molecule has 0 spiro atoms. The number of imidazole rings is 1. The fourth-order valence-electron chi connectivity index (χ4n) is 1.04. The first-order valence-corrected chi connectivity index (χ1v) is 4.22. The van der Waals surface area contributed by atoms with Crippen LogP contribution >= 0.6 is 0 Å². The van der Waals surface area contributed by atoms with Gasteiger partial charge >= 0.3 is 12.1 Å². The average Bonchev–Trinajstić information content (AvgIpc) is 2.62. The molecule has 0 saturated carbocycles. The zero-order chi connectivity index (χ0) is 12.6. The number of hydrogen-bond donors (Lipinski definition) is 0. The Kier molecular flexibility index (Phi) is 3.02. The van der Waals surface area contributed by atoms with Gasteiger partial charge in [0, 0.05) is 18.9 Å². The molecule has 8 heteroatoms. The number of hydrogen-bond acceptors (Lipinski definition) is 2. The molecule has 0 aliphatic carbocycles. The highest BCUT2D eigenvalue weighted by Gasteiger charge is 2.64. The number of nitrogens with zero attached hydrogens (tertiary/aromatic N) is 2. The minimum Gasteiger partial charge on any atom is -0.329 e. The van der Waals surface area contributed by atoms with Gasteiger partial charge < -0.3 is 4.57 Å². The molecule has 16 heavy (non-hydrogen) atoms. The molecule has 0 amide bonds. The van der Waals surface area contributed by atoms with Crippen LogP contribution < -0.4 is 0 Å². The van der Waals surface area contributed by atoms with Gasteiger partial charge in [0.1, 0.15) is 0 Å². The molecule has 0 N–H and O–H groups in total. The van der Waals surface area contributed by atoms with Gasteiger partial charge in [-0.05, 0) is 6.92 Å². The SMILES string of the molecule is CCn1ccnc1C(=O)C(F)(F)C(F)(F)F. The Morgan fingerprint density at radius 3 is 2.38 bits per heavy atom. The van der Waals surface area contributed by atoms with Crippen molar-refractivity contribution in [3.8, 4) is 0 Å². The summed E-state index contributed by atoms with van der Waals surface area (Å²) in [6, 6.07) is 0. The maximum atomic E-state index is 12.7. The Labute approximate surface area is 86.9 Å². The van der Waals surface area contributed by atoms with E-state index in [1.54, 1.807) is 0 Å². The summed E-state index contributed by atoms with van der Waals surface area (Å²) in [7, 11) is 0. The van der Waals surface area contributed by atoms with E-state index in [-0.39, 0.29) is 6.54 Å². The smallest absolute Gasteiger partial charge is 0.329 e. The molecule has 3 nitrogen and oxygen atoms in total. The van der Waals surface area contributed by atoms with Gasteiger partial charge in [-0.25, -0.2) is 4.98 Å². The molecule has 1 aromatic rings. The number of ketones is 1. The van der Waals surface area contributed by atoms with Crippen molar-refractivity contribution in [3.05, 3.63) is 18.2 Å². The summed E-state index contributed by atoms with van der Waals surface area (Å²) in [6.07, 6.45) is -3.77. The minimum atomic E-state index is -5.91. The molecule has 0 aromatic carbocycles. The third-order valence-electron chi connectivity index (χ3n) is 1.90. The number of rotatable bonds is 3. The Morgan fingerprint density at radius 1 is 1.38 bits per heavy atom. The molecule has 90 valence electrons. The maximum absolute atomic E-state index is 12.7. The van der Waals surface area contributed by atoms with E-state index in [0.717, 1.165) is 17.0 Å². The van der Waals surface area contributed by atoms with E-state index >= 15 is 0 Å². The lowest BCUT2D eigenvalue weighted by Crippen LogP contribution is -2.45. The van der Waals surface area contributed by atoms with Gasteiger partial charge in [-0.3, -0.25) is 4.79 Å². The van der Waals surface area contributed by atoms with Crippen LogP contribution in [-0.2, 0) is 6.54 Å². The first-order chi connectivity index (χ1) is 7.21. The molecule has 0 fully saturated rings. The quantitative estimate of drug-likeness (QED) is 0.602. The second-order valence-electron chi connectivity index (χ2n) is 2.94. The van der Waals surface area contributed by atoms with Crippen molar-refractivity contribution in [2.45, 2.75) is 25.6 Å². The van der Waals surface area contributed by atoms with E-state index in [2.05, 4.69) is 4.98 Å². The van der Waals surface area contributed by atoms with Crippen molar-refractivity contribution in [2.24, 2.45) is 0 Å². The van der Waals surface area contributed by atoms with E-state index < -0.39 is 23.7 Å². The predicted molar refractivity (Wildman–Crippen MR) is 43.2 cm³/mol. The molecule has 1 heterocycles. The lowest BCUT2D eigenvalue weighted by atomic mass is 10.2. The van der Waals surface area contributed by atoms with Gasteiger partial charge in [0.15, 0.2) is 5.82 Å². The highest BCUT2D eigenvalue weighted by Crippen LogP contribution is 2.37. The number of carbonyl (C=O) groups is 1. The van der Waals surface area contributed by atoms with Crippen LogP contribution in [0.25, 0.3) is 0 Å². The van der Waals surface area contributed by atoms with Gasteiger partial charge in [0.05, 0.1) is 0 Å². The zero-order valence-electron chi connectivity index (χ0n) is 8.05.